The van der Waals surface area contributed by atoms with Gasteiger partial charge in [-0.25, -0.2) is 8.42 Å². The van der Waals surface area contributed by atoms with Crippen molar-refractivity contribution in [2.45, 2.75) is 4.21 Å². The number of hydrogen-bond acceptors (Lipinski definition) is 5. The highest BCUT2D eigenvalue weighted by Gasteiger charge is 2.33. The molecule has 0 spiro atoms. The molecule has 0 radical (unpaired) electrons. The van der Waals surface area contributed by atoms with Gasteiger partial charge >= 0.3 is 0 Å². The fraction of sp³-hybridized carbons (Fsp3) is 0. The van der Waals surface area contributed by atoms with Crippen molar-refractivity contribution in [2.75, 3.05) is 0 Å². The molecule has 0 fully saturated rings. The zero-order valence-electron chi connectivity index (χ0n) is 10.9. The highest BCUT2D eigenvalue weighted by atomic mass is 35.5. The summed E-state index contributed by atoms with van der Waals surface area (Å²) in [5.74, 6) is -1.21. The van der Waals surface area contributed by atoms with Crippen LogP contribution in [-0.2, 0) is 10.0 Å². The molecular weight excluding hydrogens is 346 g/mol. The quantitative estimate of drug-likeness (QED) is 0.919. The lowest BCUT2D eigenvalue weighted by Gasteiger charge is -2.18. The monoisotopic (exact) mass is 353 g/mol. The predicted octanol–water partition coefficient (Wildman–Crippen LogP) is 2.56. The van der Waals surface area contributed by atoms with Crippen molar-refractivity contribution in [1.29, 1.82) is 0 Å². The Hall–Kier alpha value is -1.96. The van der Waals surface area contributed by atoms with Gasteiger partial charge in [0.1, 0.15) is 14.9 Å². The number of benzene rings is 1. The summed E-state index contributed by atoms with van der Waals surface area (Å²) >= 11 is 6.90. The number of ketones is 2. The van der Waals surface area contributed by atoms with Crippen LogP contribution in [0.2, 0.25) is 0 Å². The molecule has 1 aliphatic carbocycles. The number of rotatable bonds is 3. The molecule has 2 aromatic rings. The van der Waals surface area contributed by atoms with Crippen LogP contribution in [0.1, 0.15) is 20.7 Å². The number of allylic oxidation sites excluding steroid dienone is 2. The van der Waals surface area contributed by atoms with Crippen LogP contribution in [0.4, 0.5) is 0 Å². The molecule has 0 bridgehead atoms. The van der Waals surface area contributed by atoms with Gasteiger partial charge < -0.3 is 0 Å². The predicted molar refractivity (Wildman–Crippen MR) is 82.6 cm³/mol. The molecule has 3 rings (SSSR count). The maximum Gasteiger partial charge on any atom is 0.271 e. The molecule has 0 saturated heterocycles. The zero-order chi connectivity index (χ0) is 15.9. The minimum absolute atomic E-state index is 0.0311. The van der Waals surface area contributed by atoms with E-state index in [4.69, 9.17) is 11.6 Å². The second-order valence-corrected chi connectivity index (χ2v) is 7.67. The molecule has 0 amide bonds. The molecule has 1 heterocycles. The van der Waals surface area contributed by atoms with Gasteiger partial charge in [0.15, 0.2) is 0 Å². The van der Waals surface area contributed by atoms with E-state index in [1.807, 2.05) is 0 Å². The van der Waals surface area contributed by atoms with E-state index < -0.39 is 32.3 Å². The van der Waals surface area contributed by atoms with E-state index >= 15 is 0 Å². The topological polar surface area (TPSA) is 80.3 Å². The first kappa shape index (κ1) is 15.0. The lowest BCUT2D eigenvalue weighted by molar-refractivity contribution is 0.0977. The second kappa shape index (κ2) is 5.35. The molecule has 5 nitrogen and oxygen atoms in total. The fourth-order valence-electron chi connectivity index (χ4n) is 2.04. The van der Waals surface area contributed by atoms with Crippen molar-refractivity contribution < 1.29 is 18.0 Å². The Morgan fingerprint density at radius 3 is 2.18 bits per heavy atom. The Kier molecular flexibility index (Phi) is 3.64. The lowest BCUT2D eigenvalue weighted by Crippen LogP contribution is -2.32. The van der Waals surface area contributed by atoms with Crippen LogP contribution in [0.15, 0.2) is 56.7 Å². The summed E-state index contributed by atoms with van der Waals surface area (Å²) < 4.78 is 26.6. The minimum Gasteiger partial charge on any atom is -0.287 e. The highest BCUT2D eigenvalue weighted by Crippen LogP contribution is 2.28. The summed E-state index contributed by atoms with van der Waals surface area (Å²) in [5.41, 5.74) is -0.129. The van der Waals surface area contributed by atoms with Crippen LogP contribution in [0, 0.1) is 0 Å². The first-order valence-corrected chi connectivity index (χ1v) is 8.80. The Labute approximate surface area is 135 Å². The van der Waals surface area contributed by atoms with Gasteiger partial charge in [0.05, 0.1) is 0 Å². The van der Waals surface area contributed by atoms with E-state index in [0.717, 1.165) is 11.3 Å². The second-order valence-electron chi connectivity index (χ2n) is 4.43. The van der Waals surface area contributed by atoms with Gasteiger partial charge in [-0.3, -0.25) is 14.3 Å². The summed E-state index contributed by atoms with van der Waals surface area (Å²) in [6, 6.07) is 9.09. The first-order chi connectivity index (χ1) is 10.4. The average molecular weight is 354 g/mol. The van der Waals surface area contributed by atoms with Gasteiger partial charge in [-0.15, -0.1) is 11.3 Å². The smallest absolute Gasteiger partial charge is 0.271 e. The summed E-state index contributed by atoms with van der Waals surface area (Å²) in [6.45, 7) is 0. The lowest BCUT2D eigenvalue weighted by atomic mass is 9.93. The summed E-state index contributed by atoms with van der Waals surface area (Å²) in [5, 5.41) is 1.16. The van der Waals surface area contributed by atoms with Gasteiger partial charge in [0, 0.05) is 11.1 Å². The normalized spacial score (nSPS) is 15.0. The maximum atomic E-state index is 12.4. The van der Waals surface area contributed by atoms with Crippen LogP contribution < -0.4 is 4.72 Å². The Bertz CT molecular complexity index is 914. The molecule has 0 unspecified atom stereocenters. The largest absolute Gasteiger partial charge is 0.287 e. The summed E-state index contributed by atoms with van der Waals surface area (Å²) in [4.78, 5) is 24.6. The van der Waals surface area contributed by atoms with Crippen molar-refractivity contribution in [3.8, 4) is 0 Å². The molecule has 0 atom stereocenters. The van der Waals surface area contributed by atoms with Gasteiger partial charge in [-0.2, -0.15) is 0 Å². The van der Waals surface area contributed by atoms with E-state index in [1.54, 1.807) is 23.6 Å². The molecule has 8 heteroatoms. The molecule has 112 valence electrons. The fourth-order valence-corrected chi connectivity index (χ4v) is 4.40. The number of halogens is 1. The van der Waals surface area contributed by atoms with Crippen molar-refractivity contribution >= 4 is 44.5 Å². The highest BCUT2D eigenvalue weighted by molar-refractivity contribution is 7.91. The molecule has 1 aliphatic rings. The van der Waals surface area contributed by atoms with Crippen LogP contribution in [0.3, 0.4) is 0 Å². The molecule has 22 heavy (non-hydrogen) atoms. The first-order valence-electron chi connectivity index (χ1n) is 6.06. The van der Waals surface area contributed by atoms with E-state index in [0.29, 0.717) is 0 Å². The molecule has 1 aromatic carbocycles. The number of carbonyl (C=O) groups is 2. The maximum absolute atomic E-state index is 12.4. The van der Waals surface area contributed by atoms with Crippen molar-refractivity contribution in [3.05, 3.63) is 63.6 Å². The third kappa shape index (κ3) is 2.37. The number of thiophene rings is 1. The molecule has 0 aliphatic heterocycles. The summed E-state index contributed by atoms with van der Waals surface area (Å²) in [7, 11) is -3.96. The van der Waals surface area contributed by atoms with Crippen molar-refractivity contribution in [1.82, 2.24) is 4.72 Å². The van der Waals surface area contributed by atoms with Crippen LogP contribution >= 0.6 is 22.9 Å². The van der Waals surface area contributed by atoms with E-state index in [-0.39, 0.29) is 15.3 Å². The third-order valence-corrected chi connectivity index (χ3v) is 6.17. The minimum atomic E-state index is -3.96. The van der Waals surface area contributed by atoms with Gasteiger partial charge in [-0.05, 0) is 11.4 Å². The number of sulfonamides is 1. The standard InChI is InChI=1S/C14H8ClNO4S2/c15-11-12(16-22(19,20)10-6-3-7-21-10)14(18)9-5-2-1-4-8(9)13(11)17/h1-7,16H. The molecule has 0 saturated carbocycles. The number of nitrogens with one attached hydrogen (secondary N) is 1. The molecule has 1 aromatic heterocycles. The van der Waals surface area contributed by atoms with Crippen molar-refractivity contribution in [3.63, 3.8) is 0 Å². The van der Waals surface area contributed by atoms with Gasteiger partial charge in [0.2, 0.25) is 11.6 Å². The average Bonchev–Trinajstić information content (AvgIpc) is 3.05. The van der Waals surface area contributed by atoms with Crippen molar-refractivity contribution in [2.24, 2.45) is 0 Å². The van der Waals surface area contributed by atoms with Crippen LogP contribution in [0.25, 0.3) is 0 Å². The Morgan fingerprint density at radius 2 is 1.59 bits per heavy atom. The van der Waals surface area contributed by atoms with Gasteiger partial charge in [0.25, 0.3) is 10.0 Å². The number of fused-ring (bicyclic) bond motifs is 1. The van der Waals surface area contributed by atoms with E-state index in [2.05, 4.69) is 4.72 Å². The Balaban J connectivity index is 2.07. The van der Waals surface area contributed by atoms with E-state index in [9.17, 15) is 18.0 Å². The molecular formula is C14H8ClNO4S2. The number of hydrogen-bond donors (Lipinski definition) is 1. The third-order valence-electron chi connectivity index (χ3n) is 3.06. The molecule has 1 N–H and O–H groups in total. The van der Waals surface area contributed by atoms with Gasteiger partial charge in [-0.1, -0.05) is 41.9 Å². The SMILES string of the molecule is O=C1C(Cl)=C(NS(=O)(=O)c2cccs2)C(=O)c2ccccc21. The number of Topliss-reactive ketones (excluding diaryl/α,β-unsaturated/α-hetero) is 2. The van der Waals surface area contributed by atoms with Crippen LogP contribution in [0.5, 0.6) is 0 Å². The zero-order valence-corrected chi connectivity index (χ0v) is 13.3. The van der Waals surface area contributed by atoms with Crippen LogP contribution in [-0.4, -0.2) is 20.0 Å². The Morgan fingerprint density at radius 1 is 0.955 bits per heavy atom. The summed E-state index contributed by atoms with van der Waals surface area (Å²) in [6.07, 6.45) is 0. The van der Waals surface area contributed by atoms with E-state index in [1.165, 1.54) is 18.2 Å². The number of carbonyl (C=O) groups excluding carboxylic acids is 2.